The molecule has 14 heavy (non-hydrogen) atoms. The van der Waals surface area contributed by atoms with Crippen molar-refractivity contribution in [3.63, 3.8) is 0 Å². The molecule has 78 valence electrons. The van der Waals surface area contributed by atoms with Crippen LogP contribution in [0.15, 0.2) is 6.07 Å². The Balaban J connectivity index is 3.06. The minimum absolute atomic E-state index is 0.272. The largest absolute Gasteiger partial charge is 0.383 e. The van der Waals surface area contributed by atoms with Gasteiger partial charge in [-0.1, -0.05) is 0 Å². The van der Waals surface area contributed by atoms with Gasteiger partial charge in [0.15, 0.2) is 6.29 Å². The normalized spacial score (nSPS) is 12.9. The smallest absolute Gasteiger partial charge is 0.151 e. The summed E-state index contributed by atoms with van der Waals surface area (Å²) in [5, 5.41) is 0. The minimum Gasteiger partial charge on any atom is -0.383 e. The van der Waals surface area contributed by atoms with Crippen molar-refractivity contribution < 1.29 is 9.53 Å². The van der Waals surface area contributed by atoms with E-state index in [1.54, 1.807) is 7.11 Å². The maximum absolute atomic E-state index is 10.7. The van der Waals surface area contributed by atoms with Gasteiger partial charge in [-0.2, -0.15) is 0 Å². The Hall–Kier alpha value is -1.09. The van der Waals surface area contributed by atoms with Crippen molar-refractivity contribution in [3.05, 3.63) is 23.0 Å². The van der Waals surface area contributed by atoms with Crippen LogP contribution in [0.2, 0.25) is 0 Å². The molecule has 3 nitrogen and oxygen atoms in total. The topological polar surface area (TPSA) is 31.2 Å². The molecule has 0 aliphatic heterocycles. The van der Waals surface area contributed by atoms with Gasteiger partial charge in [-0.15, -0.1) is 0 Å². The highest BCUT2D eigenvalue weighted by atomic mass is 16.5. The molecule has 1 atom stereocenters. The first-order valence-electron chi connectivity index (χ1n) is 4.74. The fourth-order valence-electron chi connectivity index (χ4n) is 1.92. The van der Waals surface area contributed by atoms with Crippen LogP contribution < -0.4 is 0 Å². The molecule has 1 rings (SSSR count). The monoisotopic (exact) mass is 195 g/mol. The van der Waals surface area contributed by atoms with Crippen LogP contribution in [-0.2, 0) is 4.74 Å². The van der Waals surface area contributed by atoms with E-state index >= 15 is 0 Å². The second-order valence-electron chi connectivity index (χ2n) is 3.62. The fraction of sp³-hybridized carbons (Fsp3) is 0.545. The van der Waals surface area contributed by atoms with Gasteiger partial charge in [-0.25, -0.2) is 0 Å². The van der Waals surface area contributed by atoms with Crippen LogP contribution in [0.4, 0.5) is 0 Å². The van der Waals surface area contributed by atoms with Crippen molar-refractivity contribution in [1.29, 1.82) is 0 Å². The Morgan fingerprint density at radius 1 is 1.57 bits per heavy atom. The van der Waals surface area contributed by atoms with Gasteiger partial charge in [-0.3, -0.25) is 4.79 Å². The molecular weight excluding hydrogens is 178 g/mol. The van der Waals surface area contributed by atoms with Gasteiger partial charge in [-0.05, 0) is 26.8 Å². The van der Waals surface area contributed by atoms with Gasteiger partial charge in [0.25, 0.3) is 0 Å². The third-order valence-corrected chi connectivity index (χ3v) is 2.50. The first-order chi connectivity index (χ1) is 6.61. The summed E-state index contributed by atoms with van der Waals surface area (Å²) in [4.78, 5) is 10.7. The van der Waals surface area contributed by atoms with E-state index in [9.17, 15) is 4.79 Å². The summed E-state index contributed by atoms with van der Waals surface area (Å²) in [5.74, 6) is 0. The van der Waals surface area contributed by atoms with E-state index in [4.69, 9.17) is 4.74 Å². The molecule has 1 unspecified atom stereocenters. The quantitative estimate of drug-likeness (QED) is 0.689. The molecule has 0 saturated carbocycles. The van der Waals surface area contributed by atoms with Crippen molar-refractivity contribution >= 4 is 6.29 Å². The van der Waals surface area contributed by atoms with E-state index in [0.29, 0.717) is 6.61 Å². The number of hydrogen-bond donors (Lipinski definition) is 0. The highest BCUT2D eigenvalue weighted by Crippen LogP contribution is 2.19. The Morgan fingerprint density at radius 3 is 2.64 bits per heavy atom. The Labute approximate surface area is 84.7 Å². The third kappa shape index (κ3) is 1.87. The zero-order valence-corrected chi connectivity index (χ0v) is 9.20. The van der Waals surface area contributed by atoms with Gasteiger partial charge < -0.3 is 9.30 Å². The highest BCUT2D eigenvalue weighted by Gasteiger charge is 2.13. The van der Waals surface area contributed by atoms with E-state index in [-0.39, 0.29) is 6.04 Å². The Morgan fingerprint density at radius 2 is 2.21 bits per heavy atom. The van der Waals surface area contributed by atoms with E-state index in [0.717, 1.165) is 23.2 Å². The lowest BCUT2D eigenvalue weighted by atomic mass is 10.2. The van der Waals surface area contributed by atoms with Crippen molar-refractivity contribution in [2.45, 2.75) is 26.8 Å². The zero-order chi connectivity index (χ0) is 10.7. The number of carbonyl (C=O) groups excluding carboxylic acids is 1. The van der Waals surface area contributed by atoms with Gasteiger partial charge in [0, 0.05) is 24.1 Å². The molecular formula is C11H17NO2. The Kier molecular flexibility index (Phi) is 3.47. The number of aryl methyl sites for hydroxylation is 1. The summed E-state index contributed by atoms with van der Waals surface area (Å²) < 4.78 is 7.23. The van der Waals surface area contributed by atoms with Crippen LogP contribution >= 0.6 is 0 Å². The molecule has 0 saturated heterocycles. The number of aldehydes is 1. The molecule has 1 aromatic rings. The molecule has 0 fully saturated rings. The molecule has 0 aliphatic rings. The van der Waals surface area contributed by atoms with Crippen molar-refractivity contribution in [1.82, 2.24) is 4.57 Å². The van der Waals surface area contributed by atoms with Crippen molar-refractivity contribution in [2.24, 2.45) is 0 Å². The molecule has 0 aromatic carbocycles. The average molecular weight is 195 g/mol. The van der Waals surface area contributed by atoms with Gasteiger partial charge in [0.2, 0.25) is 0 Å². The molecule has 1 aromatic heterocycles. The van der Waals surface area contributed by atoms with Gasteiger partial charge in [0.05, 0.1) is 12.6 Å². The molecule has 0 bridgehead atoms. The maximum atomic E-state index is 10.7. The van der Waals surface area contributed by atoms with Crippen molar-refractivity contribution in [3.8, 4) is 0 Å². The summed E-state index contributed by atoms with van der Waals surface area (Å²) in [6, 6.07) is 2.18. The molecule has 0 amide bonds. The van der Waals surface area contributed by atoms with Gasteiger partial charge >= 0.3 is 0 Å². The summed E-state index contributed by atoms with van der Waals surface area (Å²) in [7, 11) is 1.69. The molecule has 0 spiro atoms. The lowest BCUT2D eigenvalue weighted by Gasteiger charge is -2.17. The minimum atomic E-state index is 0.272. The average Bonchev–Trinajstić information content (AvgIpc) is 2.41. The number of carbonyl (C=O) groups is 1. The van der Waals surface area contributed by atoms with Crippen LogP contribution in [0.25, 0.3) is 0 Å². The van der Waals surface area contributed by atoms with Crippen LogP contribution in [0.1, 0.15) is 34.7 Å². The van der Waals surface area contributed by atoms with E-state index in [2.05, 4.69) is 11.5 Å². The molecule has 1 heterocycles. The molecule has 0 aliphatic carbocycles. The predicted octanol–water partition coefficient (Wildman–Crippen LogP) is 2.12. The van der Waals surface area contributed by atoms with E-state index in [1.807, 2.05) is 19.9 Å². The van der Waals surface area contributed by atoms with Gasteiger partial charge in [0.1, 0.15) is 0 Å². The van der Waals surface area contributed by atoms with Crippen LogP contribution in [0.3, 0.4) is 0 Å². The van der Waals surface area contributed by atoms with E-state index in [1.165, 1.54) is 0 Å². The first kappa shape index (κ1) is 11.0. The summed E-state index contributed by atoms with van der Waals surface area (Å²) >= 11 is 0. The predicted molar refractivity (Wildman–Crippen MR) is 55.9 cm³/mol. The molecule has 3 heteroatoms. The van der Waals surface area contributed by atoms with Crippen LogP contribution in [0.5, 0.6) is 0 Å². The maximum Gasteiger partial charge on any atom is 0.151 e. The number of ether oxygens (including phenoxy) is 1. The Bertz CT molecular complexity index is 328. The fourth-order valence-corrected chi connectivity index (χ4v) is 1.92. The summed E-state index contributed by atoms with van der Waals surface area (Å²) in [6.45, 7) is 6.71. The zero-order valence-electron chi connectivity index (χ0n) is 9.20. The van der Waals surface area contributed by atoms with E-state index < -0.39 is 0 Å². The highest BCUT2D eigenvalue weighted by molar-refractivity contribution is 5.77. The lowest BCUT2D eigenvalue weighted by molar-refractivity contribution is 0.112. The summed E-state index contributed by atoms with van der Waals surface area (Å²) in [5.41, 5.74) is 2.89. The number of aromatic nitrogens is 1. The third-order valence-electron chi connectivity index (χ3n) is 2.50. The van der Waals surface area contributed by atoms with Crippen LogP contribution in [-0.4, -0.2) is 24.6 Å². The second kappa shape index (κ2) is 4.42. The second-order valence-corrected chi connectivity index (χ2v) is 3.62. The van der Waals surface area contributed by atoms with Crippen molar-refractivity contribution in [2.75, 3.05) is 13.7 Å². The van der Waals surface area contributed by atoms with Crippen LogP contribution in [0, 0.1) is 13.8 Å². The summed E-state index contributed by atoms with van der Waals surface area (Å²) in [6.07, 6.45) is 0.901. The number of methoxy groups -OCH3 is 1. The number of nitrogens with zero attached hydrogens (tertiary/aromatic N) is 1. The standard InChI is InChI=1S/C11H17NO2/c1-8-5-11(6-13)10(3)12(8)9(2)7-14-4/h5-6,9H,7H2,1-4H3. The lowest BCUT2D eigenvalue weighted by Crippen LogP contribution is -2.13. The number of rotatable bonds is 4. The molecule has 0 N–H and O–H groups in total. The number of hydrogen-bond acceptors (Lipinski definition) is 2. The first-order valence-corrected chi connectivity index (χ1v) is 4.74. The SMILES string of the molecule is COCC(C)n1c(C)cc(C=O)c1C. The molecule has 0 radical (unpaired) electrons.